The number of ether oxygens (including phenoxy) is 2. The second-order valence-corrected chi connectivity index (χ2v) is 3.59. The highest BCUT2D eigenvalue weighted by Gasteiger charge is 2.05. The molecule has 0 aromatic heterocycles. The number of guanidine groups is 1. The van der Waals surface area contributed by atoms with Crippen molar-refractivity contribution in [3.63, 3.8) is 0 Å². The zero-order valence-electron chi connectivity index (χ0n) is 11.8. The molecule has 0 bridgehead atoms. The SMILES string of the molecule is Br.CCOc1ccc(CNC(=NC)NC)cc1OC. The average Bonchev–Trinajstić information content (AvgIpc) is 2.41. The molecule has 0 aliphatic heterocycles. The highest BCUT2D eigenvalue weighted by molar-refractivity contribution is 8.93. The molecule has 0 saturated heterocycles. The minimum absolute atomic E-state index is 0. The van der Waals surface area contributed by atoms with Crippen LogP contribution >= 0.6 is 17.0 Å². The molecule has 1 aromatic rings. The minimum Gasteiger partial charge on any atom is -0.493 e. The Hall–Kier alpha value is -1.43. The summed E-state index contributed by atoms with van der Waals surface area (Å²) in [6.45, 7) is 3.25. The van der Waals surface area contributed by atoms with E-state index in [2.05, 4.69) is 15.6 Å². The van der Waals surface area contributed by atoms with Crippen LogP contribution < -0.4 is 20.1 Å². The lowest BCUT2D eigenvalue weighted by Gasteiger charge is -2.12. The summed E-state index contributed by atoms with van der Waals surface area (Å²) in [7, 11) is 5.20. The van der Waals surface area contributed by atoms with Gasteiger partial charge in [-0.1, -0.05) is 6.07 Å². The van der Waals surface area contributed by atoms with E-state index in [1.807, 2.05) is 32.2 Å². The van der Waals surface area contributed by atoms with Gasteiger partial charge in [0.25, 0.3) is 0 Å². The summed E-state index contributed by atoms with van der Waals surface area (Å²) in [6.07, 6.45) is 0. The van der Waals surface area contributed by atoms with Crippen LogP contribution in [0.2, 0.25) is 0 Å². The highest BCUT2D eigenvalue weighted by Crippen LogP contribution is 2.27. The van der Waals surface area contributed by atoms with Gasteiger partial charge in [-0.25, -0.2) is 0 Å². The van der Waals surface area contributed by atoms with Crippen molar-refractivity contribution in [3.05, 3.63) is 23.8 Å². The fraction of sp³-hybridized carbons (Fsp3) is 0.462. The van der Waals surface area contributed by atoms with Crippen molar-refractivity contribution in [2.45, 2.75) is 13.5 Å². The number of rotatable bonds is 5. The van der Waals surface area contributed by atoms with Gasteiger partial charge in [-0.3, -0.25) is 4.99 Å². The van der Waals surface area contributed by atoms with E-state index in [1.165, 1.54) is 0 Å². The number of hydrogen-bond donors (Lipinski definition) is 2. The molecular weight excluding hydrogens is 310 g/mol. The average molecular weight is 332 g/mol. The molecule has 2 N–H and O–H groups in total. The van der Waals surface area contributed by atoms with Crippen molar-refractivity contribution in [2.75, 3.05) is 27.8 Å². The van der Waals surface area contributed by atoms with Crippen LogP contribution in [-0.2, 0) is 6.54 Å². The summed E-state index contributed by atoms with van der Waals surface area (Å²) in [5.41, 5.74) is 1.10. The summed E-state index contributed by atoms with van der Waals surface area (Å²) in [5, 5.41) is 6.15. The predicted molar refractivity (Wildman–Crippen MR) is 83.7 cm³/mol. The van der Waals surface area contributed by atoms with Crippen LogP contribution in [0.25, 0.3) is 0 Å². The van der Waals surface area contributed by atoms with Crippen molar-refractivity contribution in [3.8, 4) is 11.5 Å². The molecule has 0 atom stereocenters. The Kier molecular flexibility index (Phi) is 8.78. The van der Waals surface area contributed by atoms with Gasteiger partial charge in [0, 0.05) is 20.6 Å². The third-order valence-electron chi connectivity index (χ3n) is 2.45. The Bertz CT molecular complexity index is 411. The fourth-order valence-corrected chi connectivity index (χ4v) is 1.56. The van der Waals surface area contributed by atoms with Crippen molar-refractivity contribution >= 4 is 22.9 Å². The number of halogens is 1. The van der Waals surface area contributed by atoms with E-state index >= 15 is 0 Å². The van der Waals surface area contributed by atoms with E-state index in [0.717, 1.165) is 23.0 Å². The lowest BCUT2D eigenvalue weighted by atomic mass is 10.2. The number of benzene rings is 1. The Morgan fingerprint density at radius 2 is 2.05 bits per heavy atom. The molecule has 6 heteroatoms. The van der Waals surface area contributed by atoms with E-state index in [-0.39, 0.29) is 17.0 Å². The molecule has 0 aliphatic rings. The number of nitrogens with zero attached hydrogens (tertiary/aromatic N) is 1. The summed E-state index contributed by atoms with van der Waals surface area (Å²) < 4.78 is 10.8. The van der Waals surface area contributed by atoms with Gasteiger partial charge in [0.05, 0.1) is 13.7 Å². The quantitative estimate of drug-likeness (QED) is 0.639. The first kappa shape index (κ1) is 17.6. The zero-order chi connectivity index (χ0) is 13.4. The van der Waals surface area contributed by atoms with Crippen LogP contribution in [0.3, 0.4) is 0 Å². The number of hydrogen-bond acceptors (Lipinski definition) is 3. The van der Waals surface area contributed by atoms with Gasteiger partial charge in [0.15, 0.2) is 17.5 Å². The Labute approximate surface area is 125 Å². The topological polar surface area (TPSA) is 54.9 Å². The second kappa shape index (κ2) is 9.49. The molecule has 0 amide bonds. The van der Waals surface area contributed by atoms with Crippen LogP contribution in [0.5, 0.6) is 11.5 Å². The lowest BCUT2D eigenvalue weighted by Crippen LogP contribution is -2.34. The third kappa shape index (κ3) is 5.38. The van der Waals surface area contributed by atoms with Gasteiger partial charge in [0.2, 0.25) is 0 Å². The summed E-state index contributed by atoms with van der Waals surface area (Å²) in [6, 6.07) is 5.88. The molecule has 1 aromatic carbocycles. The van der Waals surface area contributed by atoms with Gasteiger partial charge < -0.3 is 20.1 Å². The van der Waals surface area contributed by atoms with Crippen LogP contribution in [0.4, 0.5) is 0 Å². The molecule has 0 spiro atoms. The first-order chi connectivity index (χ1) is 8.74. The maximum atomic E-state index is 5.47. The molecule has 0 saturated carbocycles. The highest BCUT2D eigenvalue weighted by atomic mass is 79.9. The summed E-state index contributed by atoms with van der Waals surface area (Å²) >= 11 is 0. The molecule has 0 fully saturated rings. The first-order valence-electron chi connectivity index (χ1n) is 5.93. The zero-order valence-corrected chi connectivity index (χ0v) is 13.5. The van der Waals surface area contributed by atoms with Crippen molar-refractivity contribution < 1.29 is 9.47 Å². The van der Waals surface area contributed by atoms with Gasteiger partial charge in [-0.2, -0.15) is 0 Å². The van der Waals surface area contributed by atoms with Crippen LogP contribution in [0, 0.1) is 0 Å². The van der Waals surface area contributed by atoms with Crippen molar-refractivity contribution in [2.24, 2.45) is 4.99 Å². The molecule has 108 valence electrons. The molecule has 19 heavy (non-hydrogen) atoms. The first-order valence-corrected chi connectivity index (χ1v) is 5.93. The van der Waals surface area contributed by atoms with E-state index in [9.17, 15) is 0 Å². The van der Waals surface area contributed by atoms with E-state index < -0.39 is 0 Å². The van der Waals surface area contributed by atoms with E-state index in [1.54, 1.807) is 14.2 Å². The number of nitrogens with one attached hydrogen (secondary N) is 2. The minimum atomic E-state index is 0. The molecule has 0 heterocycles. The molecule has 0 aliphatic carbocycles. The van der Waals surface area contributed by atoms with Crippen molar-refractivity contribution in [1.29, 1.82) is 0 Å². The molecule has 5 nitrogen and oxygen atoms in total. The maximum Gasteiger partial charge on any atom is 0.190 e. The summed E-state index contributed by atoms with van der Waals surface area (Å²) in [5.74, 6) is 2.26. The molecular formula is C13H22BrN3O2. The van der Waals surface area contributed by atoms with Crippen LogP contribution in [-0.4, -0.2) is 33.8 Å². The van der Waals surface area contributed by atoms with Gasteiger partial charge in [-0.15, -0.1) is 17.0 Å². The molecule has 1 rings (SSSR count). The lowest BCUT2D eigenvalue weighted by molar-refractivity contribution is 0.310. The van der Waals surface area contributed by atoms with E-state index in [0.29, 0.717) is 13.2 Å². The third-order valence-corrected chi connectivity index (χ3v) is 2.45. The number of methoxy groups -OCH3 is 1. The predicted octanol–water partition coefficient (Wildman–Crippen LogP) is 1.97. The Balaban J connectivity index is 0.00000324. The fourth-order valence-electron chi connectivity index (χ4n) is 1.56. The molecule has 0 radical (unpaired) electrons. The normalized spacial score (nSPS) is 10.4. The standard InChI is InChI=1S/C13H21N3O2.BrH/c1-5-18-11-7-6-10(8-12(11)17-4)9-16-13(14-2)15-3;/h6-8H,5,9H2,1-4H3,(H2,14,15,16);1H. The second-order valence-electron chi connectivity index (χ2n) is 3.59. The van der Waals surface area contributed by atoms with Gasteiger partial charge >= 0.3 is 0 Å². The smallest absolute Gasteiger partial charge is 0.190 e. The van der Waals surface area contributed by atoms with E-state index in [4.69, 9.17) is 9.47 Å². The molecule has 0 unspecified atom stereocenters. The Morgan fingerprint density at radius 3 is 2.58 bits per heavy atom. The van der Waals surface area contributed by atoms with Gasteiger partial charge in [0.1, 0.15) is 0 Å². The van der Waals surface area contributed by atoms with Gasteiger partial charge in [-0.05, 0) is 24.6 Å². The van der Waals surface area contributed by atoms with Crippen molar-refractivity contribution in [1.82, 2.24) is 10.6 Å². The Morgan fingerprint density at radius 1 is 1.32 bits per heavy atom. The maximum absolute atomic E-state index is 5.47. The largest absolute Gasteiger partial charge is 0.493 e. The van der Waals surface area contributed by atoms with Crippen LogP contribution in [0.15, 0.2) is 23.2 Å². The summed E-state index contributed by atoms with van der Waals surface area (Å²) in [4.78, 5) is 4.05. The monoisotopic (exact) mass is 331 g/mol. The number of aliphatic imine (C=N–C) groups is 1. The van der Waals surface area contributed by atoms with Crippen LogP contribution in [0.1, 0.15) is 12.5 Å².